The SMILES string of the molecule is Cc1cc(C)c(NC(=O)CSc2nnc(-c3cccs3)n2Cc2ccccc2)c(Cl)c1. The van der Waals surface area contributed by atoms with Gasteiger partial charge in [-0.3, -0.25) is 9.36 Å². The summed E-state index contributed by atoms with van der Waals surface area (Å²) < 4.78 is 2.06. The van der Waals surface area contributed by atoms with Crippen molar-refractivity contribution < 1.29 is 4.79 Å². The van der Waals surface area contributed by atoms with E-state index in [9.17, 15) is 4.79 Å². The van der Waals surface area contributed by atoms with Crippen molar-refractivity contribution in [2.75, 3.05) is 11.1 Å². The number of thiophene rings is 1. The Bertz CT molecular complexity index is 1170. The van der Waals surface area contributed by atoms with Crippen LogP contribution in [0.5, 0.6) is 0 Å². The molecule has 4 aromatic rings. The molecule has 4 rings (SSSR count). The molecule has 1 amide bonds. The van der Waals surface area contributed by atoms with Crippen molar-refractivity contribution in [3.05, 3.63) is 81.7 Å². The summed E-state index contributed by atoms with van der Waals surface area (Å²) in [5.41, 5.74) is 3.80. The average molecular weight is 469 g/mol. The van der Waals surface area contributed by atoms with Crippen molar-refractivity contribution in [1.29, 1.82) is 0 Å². The van der Waals surface area contributed by atoms with Crippen LogP contribution >= 0.6 is 34.7 Å². The van der Waals surface area contributed by atoms with Crippen molar-refractivity contribution >= 4 is 46.3 Å². The quantitative estimate of drug-likeness (QED) is 0.335. The highest BCUT2D eigenvalue weighted by atomic mass is 35.5. The minimum absolute atomic E-state index is 0.134. The molecule has 158 valence electrons. The Morgan fingerprint density at radius 3 is 2.65 bits per heavy atom. The van der Waals surface area contributed by atoms with E-state index in [4.69, 9.17) is 11.6 Å². The van der Waals surface area contributed by atoms with E-state index in [-0.39, 0.29) is 11.7 Å². The van der Waals surface area contributed by atoms with Crippen molar-refractivity contribution in [3.8, 4) is 10.7 Å². The van der Waals surface area contributed by atoms with E-state index in [1.807, 2.05) is 61.7 Å². The largest absolute Gasteiger partial charge is 0.324 e. The zero-order valence-corrected chi connectivity index (χ0v) is 19.5. The fourth-order valence-corrected chi connectivity index (χ4v) is 5.10. The summed E-state index contributed by atoms with van der Waals surface area (Å²) in [6, 6.07) is 18.0. The van der Waals surface area contributed by atoms with E-state index in [2.05, 4.69) is 32.2 Å². The molecule has 2 heterocycles. The van der Waals surface area contributed by atoms with Gasteiger partial charge in [0.2, 0.25) is 5.91 Å². The second-order valence-electron chi connectivity index (χ2n) is 7.13. The highest BCUT2D eigenvalue weighted by Gasteiger charge is 2.17. The molecule has 0 spiro atoms. The molecule has 0 fully saturated rings. The molecule has 0 bridgehead atoms. The number of carbonyl (C=O) groups excluding carboxylic acids is 1. The highest BCUT2D eigenvalue weighted by Crippen LogP contribution is 2.30. The van der Waals surface area contributed by atoms with Crippen molar-refractivity contribution in [1.82, 2.24) is 14.8 Å². The van der Waals surface area contributed by atoms with Crippen LogP contribution in [0, 0.1) is 13.8 Å². The first-order chi connectivity index (χ1) is 15.0. The molecule has 0 unspecified atom stereocenters. The summed E-state index contributed by atoms with van der Waals surface area (Å²) in [7, 11) is 0. The van der Waals surface area contributed by atoms with Crippen LogP contribution in [-0.4, -0.2) is 26.4 Å². The van der Waals surface area contributed by atoms with Gasteiger partial charge in [-0.15, -0.1) is 21.5 Å². The molecule has 2 aromatic carbocycles. The number of aromatic nitrogens is 3. The van der Waals surface area contributed by atoms with Gasteiger partial charge in [0.25, 0.3) is 0 Å². The number of halogens is 1. The highest BCUT2D eigenvalue weighted by molar-refractivity contribution is 7.99. The van der Waals surface area contributed by atoms with Gasteiger partial charge in [-0.25, -0.2) is 0 Å². The Labute approximate surface area is 194 Å². The van der Waals surface area contributed by atoms with Gasteiger partial charge < -0.3 is 5.32 Å². The van der Waals surface area contributed by atoms with Crippen molar-refractivity contribution in [3.63, 3.8) is 0 Å². The van der Waals surface area contributed by atoms with Gasteiger partial charge in [-0.05, 0) is 48.1 Å². The topological polar surface area (TPSA) is 59.8 Å². The molecular weight excluding hydrogens is 448 g/mol. The van der Waals surface area contributed by atoms with E-state index in [1.54, 1.807) is 11.3 Å². The van der Waals surface area contributed by atoms with Crippen LogP contribution in [0.3, 0.4) is 0 Å². The number of aryl methyl sites for hydroxylation is 2. The fourth-order valence-electron chi connectivity index (χ4n) is 3.27. The summed E-state index contributed by atoms with van der Waals surface area (Å²) in [6.07, 6.45) is 0. The van der Waals surface area contributed by atoms with Crippen LogP contribution < -0.4 is 5.32 Å². The molecule has 0 saturated heterocycles. The normalized spacial score (nSPS) is 10.9. The van der Waals surface area contributed by atoms with E-state index in [1.165, 1.54) is 11.8 Å². The van der Waals surface area contributed by atoms with Gasteiger partial charge in [-0.1, -0.05) is 65.8 Å². The summed E-state index contributed by atoms with van der Waals surface area (Å²) in [5, 5.41) is 15.0. The smallest absolute Gasteiger partial charge is 0.234 e. The number of rotatable bonds is 7. The lowest BCUT2D eigenvalue weighted by molar-refractivity contribution is -0.113. The molecular formula is C23H21ClN4OS2. The number of carbonyl (C=O) groups is 1. The first-order valence-corrected chi connectivity index (χ1v) is 12.0. The molecule has 0 atom stereocenters. The summed E-state index contributed by atoms with van der Waals surface area (Å²) in [6.45, 7) is 4.55. The van der Waals surface area contributed by atoms with Crippen LogP contribution in [0.1, 0.15) is 16.7 Å². The number of amides is 1. The number of hydrogen-bond donors (Lipinski definition) is 1. The molecule has 0 aliphatic heterocycles. The fraction of sp³-hybridized carbons (Fsp3) is 0.174. The van der Waals surface area contributed by atoms with E-state index >= 15 is 0 Å². The number of hydrogen-bond acceptors (Lipinski definition) is 5. The standard InChI is InChI=1S/C23H21ClN4OS2/c1-15-11-16(2)21(18(24)12-15)25-20(29)14-31-23-27-26-22(19-9-6-10-30-19)28(23)13-17-7-4-3-5-8-17/h3-12H,13-14H2,1-2H3,(H,25,29). The minimum Gasteiger partial charge on any atom is -0.324 e. The maximum atomic E-state index is 12.6. The number of nitrogens with one attached hydrogen (secondary N) is 1. The Kier molecular flexibility index (Phi) is 6.75. The summed E-state index contributed by atoms with van der Waals surface area (Å²) in [5.74, 6) is 0.881. The zero-order valence-electron chi connectivity index (χ0n) is 17.1. The number of nitrogens with zero attached hydrogens (tertiary/aromatic N) is 3. The third-order valence-electron chi connectivity index (χ3n) is 4.67. The van der Waals surface area contributed by atoms with Crippen LogP contribution in [0.15, 0.2) is 65.1 Å². The van der Waals surface area contributed by atoms with Crippen LogP contribution in [0.2, 0.25) is 5.02 Å². The molecule has 5 nitrogen and oxygen atoms in total. The predicted octanol–water partition coefficient (Wildman–Crippen LogP) is 6.06. The molecule has 0 radical (unpaired) electrons. The Morgan fingerprint density at radius 1 is 1.13 bits per heavy atom. The Hall–Kier alpha value is -2.61. The number of anilines is 1. The van der Waals surface area contributed by atoms with Gasteiger partial charge >= 0.3 is 0 Å². The molecule has 2 aromatic heterocycles. The second-order valence-corrected chi connectivity index (χ2v) is 9.43. The monoisotopic (exact) mass is 468 g/mol. The Morgan fingerprint density at radius 2 is 1.94 bits per heavy atom. The van der Waals surface area contributed by atoms with Crippen molar-refractivity contribution in [2.24, 2.45) is 0 Å². The molecule has 31 heavy (non-hydrogen) atoms. The lowest BCUT2D eigenvalue weighted by Gasteiger charge is -2.12. The van der Waals surface area contributed by atoms with E-state index < -0.39 is 0 Å². The molecule has 0 aliphatic rings. The van der Waals surface area contributed by atoms with E-state index in [0.717, 1.165) is 27.4 Å². The summed E-state index contributed by atoms with van der Waals surface area (Å²) in [4.78, 5) is 13.7. The average Bonchev–Trinajstić information content (AvgIpc) is 3.40. The van der Waals surface area contributed by atoms with Gasteiger partial charge in [0.05, 0.1) is 27.9 Å². The first kappa shape index (κ1) is 21.6. The Balaban J connectivity index is 1.52. The van der Waals surface area contributed by atoms with E-state index in [0.29, 0.717) is 22.4 Å². The molecule has 0 aliphatic carbocycles. The second kappa shape index (κ2) is 9.68. The van der Waals surface area contributed by atoms with Gasteiger partial charge in [0, 0.05) is 0 Å². The zero-order chi connectivity index (χ0) is 21.8. The van der Waals surface area contributed by atoms with Crippen molar-refractivity contribution in [2.45, 2.75) is 25.5 Å². The van der Waals surface area contributed by atoms with Crippen LogP contribution in [-0.2, 0) is 11.3 Å². The lowest BCUT2D eigenvalue weighted by Crippen LogP contribution is -2.16. The number of thioether (sulfide) groups is 1. The third kappa shape index (κ3) is 5.18. The maximum absolute atomic E-state index is 12.6. The first-order valence-electron chi connectivity index (χ1n) is 9.71. The van der Waals surface area contributed by atoms with Crippen LogP contribution in [0.4, 0.5) is 5.69 Å². The minimum atomic E-state index is -0.134. The third-order valence-corrected chi connectivity index (χ3v) is 6.80. The van der Waals surface area contributed by atoms with Gasteiger partial charge in [-0.2, -0.15) is 0 Å². The molecule has 0 saturated carbocycles. The molecule has 1 N–H and O–H groups in total. The molecule has 8 heteroatoms. The predicted molar refractivity (Wildman–Crippen MR) is 129 cm³/mol. The summed E-state index contributed by atoms with van der Waals surface area (Å²) >= 11 is 9.31. The lowest BCUT2D eigenvalue weighted by atomic mass is 10.1. The van der Waals surface area contributed by atoms with Crippen LogP contribution in [0.25, 0.3) is 10.7 Å². The van der Waals surface area contributed by atoms with Gasteiger partial charge in [0.1, 0.15) is 0 Å². The maximum Gasteiger partial charge on any atom is 0.234 e. The van der Waals surface area contributed by atoms with Gasteiger partial charge in [0.15, 0.2) is 11.0 Å². The number of benzene rings is 2.